The molecule has 0 bridgehead atoms. The third-order valence-electron chi connectivity index (χ3n) is 4.50. The van der Waals surface area contributed by atoms with Gasteiger partial charge in [0.2, 0.25) is 5.91 Å². The average molecular weight is 322 g/mol. The molecule has 4 nitrogen and oxygen atoms in total. The summed E-state index contributed by atoms with van der Waals surface area (Å²) in [4.78, 5) is 13.6. The lowest BCUT2D eigenvalue weighted by molar-refractivity contribution is -0.131. The molecule has 2 rings (SSSR count). The molecule has 1 fully saturated rings. The molecule has 1 heterocycles. The predicted molar refractivity (Wildman–Crippen MR) is 88.5 cm³/mol. The first-order valence-electron chi connectivity index (χ1n) is 8.47. The van der Waals surface area contributed by atoms with Crippen LogP contribution in [0.1, 0.15) is 51.2 Å². The van der Waals surface area contributed by atoms with E-state index in [9.17, 15) is 14.3 Å². The Morgan fingerprint density at radius 2 is 1.96 bits per heavy atom. The summed E-state index contributed by atoms with van der Waals surface area (Å²) < 4.78 is 12.9. The standard InChI is InChI=1S/C18H27FN2O2/c1-3-18(23)21-10-8-16(9-11-21)20-13(2)12-17(22)14-4-6-15(19)7-5-14/h4-7,13,16-17,20,22H,3,8-12H2,1-2H3/t13-,17+/m1/s1. The van der Waals surface area contributed by atoms with Crippen LogP contribution in [0, 0.1) is 5.82 Å². The molecule has 2 N–H and O–H groups in total. The van der Waals surface area contributed by atoms with E-state index in [4.69, 9.17) is 0 Å². The Labute approximate surface area is 137 Å². The summed E-state index contributed by atoms with van der Waals surface area (Å²) in [6.45, 7) is 5.55. The van der Waals surface area contributed by atoms with E-state index >= 15 is 0 Å². The monoisotopic (exact) mass is 322 g/mol. The van der Waals surface area contributed by atoms with Gasteiger partial charge in [0.15, 0.2) is 0 Å². The van der Waals surface area contributed by atoms with Crippen molar-refractivity contribution >= 4 is 5.91 Å². The third kappa shape index (κ3) is 5.29. The Bertz CT molecular complexity index is 498. The van der Waals surface area contributed by atoms with Crippen molar-refractivity contribution in [2.24, 2.45) is 0 Å². The Hall–Kier alpha value is -1.46. The minimum absolute atomic E-state index is 0.161. The summed E-state index contributed by atoms with van der Waals surface area (Å²) in [5.74, 6) is -0.0660. The quantitative estimate of drug-likeness (QED) is 0.846. The molecule has 1 aliphatic heterocycles. The topological polar surface area (TPSA) is 52.6 Å². The van der Waals surface area contributed by atoms with Gasteiger partial charge in [0.25, 0.3) is 0 Å². The number of hydrogen-bond donors (Lipinski definition) is 2. The van der Waals surface area contributed by atoms with Crippen molar-refractivity contribution in [2.45, 2.75) is 57.7 Å². The van der Waals surface area contributed by atoms with E-state index in [-0.39, 0.29) is 17.8 Å². The Morgan fingerprint density at radius 1 is 1.35 bits per heavy atom. The van der Waals surface area contributed by atoms with E-state index in [1.54, 1.807) is 12.1 Å². The first-order valence-corrected chi connectivity index (χ1v) is 8.47. The Morgan fingerprint density at radius 3 is 2.52 bits per heavy atom. The smallest absolute Gasteiger partial charge is 0.222 e. The van der Waals surface area contributed by atoms with Crippen LogP contribution in [0.5, 0.6) is 0 Å². The first-order chi connectivity index (χ1) is 11.0. The Balaban J connectivity index is 1.76. The number of halogens is 1. The van der Waals surface area contributed by atoms with Crippen LogP contribution in [0.3, 0.4) is 0 Å². The fraction of sp³-hybridized carbons (Fsp3) is 0.611. The molecular weight excluding hydrogens is 295 g/mol. The highest BCUT2D eigenvalue weighted by Crippen LogP contribution is 2.20. The number of nitrogens with zero attached hydrogens (tertiary/aromatic N) is 1. The molecule has 0 unspecified atom stereocenters. The van der Waals surface area contributed by atoms with Gasteiger partial charge in [-0.1, -0.05) is 19.1 Å². The maximum Gasteiger partial charge on any atom is 0.222 e. The summed E-state index contributed by atoms with van der Waals surface area (Å²) in [5.41, 5.74) is 0.739. The van der Waals surface area contributed by atoms with Crippen molar-refractivity contribution < 1.29 is 14.3 Å². The highest BCUT2D eigenvalue weighted by Gasteiger charge is 2.23. The van der Waals surface area contributed by atoms with E-state index in [1.807, 2.05) is 11.8 Å². The summed E-state index contributed by atoms with van der Waals surface area (Å²) in [6, 6.07) is 6.54. The van der Waals surface area contributed by atoms with E-state index in [2.05, 4.69) is 12.2 Å². The van der Waals surface area contributed by atoms with Gasteiger partial charge >= 0.3 is 0 Å². The lowest BCUT2D eigenvalue weighted by Gasteiger charge is -2.34. The molecule has 5 heteroatoms. The van der Waals surface area contributed by atoms with E-state index in [0.29, 0.717) is 18.9 Å². The molecule has 1 saturated heterocycles. The van der Waals surface area contributed by atoms with Gasteiger partial charge in [-0.2, -0.15) is 0 Å². The second-order valence-electron chi connectivity index (χ2n) is 6.38. The first kappa shape index (κ1) is 17.9. The number of benzene rings is 1. The molecule has 0 aliphatic carbocycles. The maximum atomic E-state index is 12.9. The fourth-order valence-electron chi connectivity index (χ4n) is 3.15. The molecule has 1 aromatic carbocycles. The number of aliphatic hydroxyl groups is 1. The molecular formula is C18H27FN2O2. The van der Waals surface area contributed by atoms with Crippen LogP contribution in [0.2, 0.25) is 0 Å². The third-order valence-corrected chi connectivity index (χ3v) is 4.50. The van der Waals surface area contributed by atoms with Crippen molar-refractivity contribution in [3.8, 4) is 0 Å². The van der Waals surface area contributed by atoms with Crippen LogP contribution >= 0.6 is 0 Å². The number of aliphatic hydroxyl groups excluding tert-OH is 1. The zero-order chi connectivity index (χ0) is 16.8. The van der Waals surface area contributed by atoms with Gasteiger partial charge in [0, 0.05) is 31.6 Å². The minimum Gasteiger partial charge on any atom is -0.388 e. The fourth-order valence-corrected chi connectivity index (χ4v) is 3.15. The largest absolute Gasteiger partial charge is 0.388 e. The predicted octanol–water partition coefficient (Wildman–Crippen LogP) is 2.63. The maximum absolute atomic E-state index is 12.9. The van der Waals surface area contributed by atoms with Crippen LogP contribution in [0.4, 0.5) is 4.39 Å². The number of hydrogen-bond acceptors (Lipinski definition) is 3. The van der Waals surface area contributed by atoms with Crippen LogP contribution in [0.25, 0.3) is 0 Å². The molecule has 1 aliphatic rings. The Kier molecular flexibility index (Phi) is 6.54. The number of nitrogens with one attached hydrogen (secondary N) is 1. The van der Waals surface area contributed by atoms with Gasteiger partial charge in [0.1, 0.15) is 5.82 Å². The highest BCUT2D eigenvalue weighted by atomic mass is 19.1. The van der Waals surface area contributed by atoms with Crippen molar-refractivity contribution in [1.29, 1.82) is 0 Å². The van der Waals surface area contributed by atoms with Crippen LogP contribution in [0.15, 0.2) is 24.3 Å². The molecule has 0 saturated carbocycles. The van der Waals surface area contributed by atoms with Gasteiger partial charge in [0.05, 0.1) is 6.10 Å². The van der Waals surface area contributed by atoms with E-state index in [0.717, 1.165) is 31.5 Å². The normalized spacial score (nSPS) is 18.7. The molecule has 0 aromatic heterocycles. The summed E-state index contributed by atoms with van der Waals surface area (Å²) >= 11 is 0. The molecule has 2 atom stereocenters. The summed E-state index contributed by atoms with van der Waals surface area (Å²) in [7, 11) is 0. The van der Waals surface area contributed by atoms with Crippen molar-refractivity contribution in [3.63, 3.8) is 0 Å². The van der Waals surface area contributed by atoms with E-state index in [1.165, 1.54) is 12.1 Å². The molecule has 128 valence electrons. The van der Waals surface area contributed by atoms with Gasteiger partial charge in [-0.15, -0.1) is 0 Å². The van der Waals surface area contributed by atoms with Crippen molar-refractivity contribution in [3.05, 3.63) is 35.6 Å². The molecule has 1 amide bonds. The number of amides is 1. The van der Waals surface area contributed by atoms with Crippen molar-refractivity contribution in [2.75, 3.05) is 13.1 Å². The van der Waals surface area contributed by atoms with Gasteiger partial charge in [-0.05, 0) is 43.9 Å². The number of piperidine rings is 1. The lowest BCUT2D eigenvalue weighted by Crippen LogP contribution is -2.47. The second-order valence-corrected chi connectivity index (χ2v) is 6.38. The molecule has 0 spiro atoms. The minimum atomic E-state index is -0.597. The second kappa shape index (κ2) is 8.41. The number of carbonyl (C=O) groups is 1. The summed E-state index contributed by atoms with van der Waals surface area (Å²) in [6.07, 6.45) is 2.45. The highest BCUT2D eigenvalue weighted by molar-refractivity contribution is 5.75. The summed E-state index contributed by atoms with van der Waals surface area (Å²) in [5, 5.41) is 13.8. The van der Waals surface area contributed by atoms with Crippen LogP contribution < -0.4 is 5.32 Å². The van der Waals surface area contributed by atoms with Gasteiger partial charge in [-0.3, -0.25) is 4.79 Å². The molecule has 1 aromatic rings. The number of rotatable bonds is 6. The van der Waals surface area contributed by atoms with Crippen molar-refractivity contribution in [1.82, 2.24) is 10.2 Å². The average Bonchev–Trinajstić information content (AvgIpc) is 2.55. The molecule has 23 heavy (non-hydrogen) atoms. The molecule has 0 radical (unpaired) electrons. The SMILES string of the molecule is CCC(=O)N1CCC(N[C@H](C)C[C@H](O)c2ccc(F)cc2)CC1. The lowest BCUT2D eigenvalue weighted by atomic mass is 9.99. The number of likely N-dealkylation sites (tertiary alicyclic amines) is 1. The van der Waals surface area contributed by atoms with Crippen LogP contribution in [-0.2, 0) is 4.79 Å². The van der Waals surface area contributed by atoms with Gasteiger partial charge < -0.3 is 15.3 Å². The van der Waals surface area contributed by atoms with Crippen LogP contribution in [-0.4, -0.2) is 41.1 Å². The number of carbonyl (C=O) groups excluding carboxylic acids is 1. The zero-order valence-electron chi connectivity index (χ0n) is 14.0. The zero-order valence-corrected chi connectivity index (χ0v) is 14.0. The van der Waals surface area contributed by atoms with Gasteiger partial charge in [-0.25, -0.2) is 4.39 Å². The van der Waals surface area contributed by atoms with E-state index < -0.39 is 6.10 Å².